The molecule has 0 spiro atoms. The van der Waals surface area contributed by atoms with Gasteiger partial charge >= 0.3 is 0 Å². The number of hydrogen-bond acceptors (Lipinski definition) is 7. The maximum absolute atomic E-state index is 13.8. The van der Waals surface area contributed by atoms with Crippen LogP contribution in [-0.2, 0) is 11.2 Å². The number of halogens is 1. The molecule has 5 atom stereocenters. The number of rotatable bonds is 6. The van der Waals surface area contributed by atoms with Crippen LogP contribution in [0.4, 0.5) is 4.39 Å². The Morgan fingerprint density at radius 2 is 1.71 bits per heavy atom. The first kappa shape index (κ1) is 20.5. The molecule has 0 bridgehead atoms. The zero-order valence-electron chi connectivity index (χ0n) is 15.2. The predicted octanol–water partition coefficient (Wildman–Crippen LogP) is 0.604. The van der Waals surface area contributed by atoms with Crippen LogP contribution in [-0.4, -0.2) is 64.8 Å². The van der Waals surface area contributed by atoms with Crippen LogP contribution in [0.25, 0.3) is 0 Å². The van der Waals surface area contributed by atoms with Crippen LogP contribution < -0.4 is 9.47 Å². The van der Waals surface area contributed by atoms with Gasteiger partial charge in [0, 0.05) is 12.5 Å². The third-order valence-corrected chi connectivity index (χ3v) is 4.67. The van der Waals surface area contributed by atoms with Gasteiger partial charge in [-0.25, -0.2) is 4.39 Å². The van der Waals surface area contributed by atoms with E-state index in [1.54, 1.807) is 25.3 Å². The van der Waals surface area contributed by atoms with Crippen molar-refractivity contribution >= 4 is 0 Å². The van der Waals surface area contributed by atoms with E-state index in [0.717, 1.165) is 11.6 Å². The molecule has 1 saturated heterocycles. The number of ether oxygens (including phenoxy) is 3. The van der Waals surface area contributed by atoms with E-state index in [2.05, 4.69) is 0 Å². The van der Waals surface area contributed by atoms with E-state index in [0.29, 0.717) is 17.7 Å². The molecule has 0 unspecified atom stereocenters. The van der Waals surface area contributed by atoms with Gasteiger partial charge in [0.1, 0.15) is 41.7 Å². The van der Waals surface area contributed by atoms with Gasteiger partial charge in [0.2, 0.25) is 6.29 Å². The number of hydrogen-bond donors (Lipinski definition) is 4. The summed E-state index contributed by atoms with van der Waals surface area (Å²) in [5, 5.41) is 39.2. The van der Waals surface area contributed by atoms with Gasteiger partial charge in [0.15, 0.2) is 0 Å². The fourth-order valence-corrected chi connectivity index (χ4v) is 3.04. The average molecular weight is 394 g/mol. The van der Waals surface area contributed by atoms with E-state index in [1.807, 2.05) is 12.1 Å². The minimum Gasteiger partial charge on any atom is -0.497 e. The van der Waals surface area contributed by atoms with Gasteiger partial charge in [-0.15, -0.1) is 0 Å². The molecule has 0 amide bonds. The van der Waals surface area contributed by atoms with Crippen molar-refractivity contribution in [3.05, 3.63) is 59.4 Å². The largest absolute Gasteiger partial charge is 0.497 e. The van der Waals surface area contributed by atoms with Gasteiger partial charge in [-0.2, -0.15) is 0 Å². The average Bonchev–Trinajstić information content (AvgIpc) is 2.71. The Morgan fingerprint density at radius 3 is 2.36 bits per heavy atom. The number of benzene rings is 2. The van der Waals surface area contributed by atoms with Crippen LogP contribution >= 0.6 is 0 Å². The van der Waals surface area contributed by atoms with Crippen molar-refractivity contribution in [2.45, 2.75) is 37.1 Å². The number of aliphatic hydroxyl groups excluding tert-OH is 4. The lowest BCUT2D eigenvalue weighted by molar-refractivity contribution is -0.277. The normalized spacial score (nSPS) is 27.4. The van der Waals surface area contributed by atoms with E-state index >= 15 is 0 Å². The molecule has 7 nitrogen and oxygen atoms in total. The maximum Gasteiger partial charge on any atom is 0.229 e. The Kier molecular flexibility index (Phi) is 6.48. The monoisotopic (exact) mass is 394 g/mol. The van der Waals surface area contributed by atoms with Gasteiger partial charge in [0.25, 0.3) is 0 Å². The number of methoxy groups -OCH3 is 1. The Labute approximate surface area is 161 Å². The molecule has 1 fully saturated rings. The Bertz CT molecular complexity index is 781. The molecule has 152 valence electrons. The van der Waals surface area contributed by atoms with Crippen LogP contribution in [0.2, 0.25) is 0 Å². The van der Waals surface area contributed by atoms with Crippen molar-refractivity contribution in [2.75, 3.05) is 13.7 Å². The molecule has 1 heterocycles. The second-order valence-corrected chi connectivity index (χ2v) is 6.59. The Balaban J connectivity index is 1.82. The predicted molar refractivity (Wildman–Crippen MR) is 96.6 cm³/mol. The highest BCUT2D eigenvalue weighted by molar-refractivity contribution is 5.39. The first-order chi connectivity index (χ1) is 13.4. The summed E-state index contributed by atoms with van der Waals surface area (Å²) < 4.78 is 29.9. The fourth-order valence-electron chi connectivity index (χ4n) is 3.04. The molecule has 3 rings (SSSR count). The fraction of sp³-hybridized carbons (Fsp3) is 0.400. The molecule has 1 aliphatic heterocycles. The summed E-state index contributed by atoms with van der Waals surface area (Å²) in [6.45, 7) is -0.577. The minimum absolute atomic E-state index is 0.125. The second kappa shape index (κ2) is 8.85. The lowest BCUT2D eigenvalue weighted by Gasteiger charge is -2.39. The quantitative estimate of drug-likeness (QED) is 0.568. The molecule has 1 aliphatic rings. The third-order valence-electron chi connectivity index (χ3n) is 4.67. The minimum atomic E-state index is -1.57. The first-order valence-corrected chi connectivity index (χ1v) is 8.81. The second-order valence-electron chi connectivity index (χ2n) is 6.59. The summed E-state index contributed by atoms with van der Waals surface area (Å²) in [5.74, 6) is 0.291. The maximum atomic E-state index is 13.8. The number of aliphatic hydroxyl groups is 4. The van der Waals surface area contributed by atoms with Crippen LogP contribution in [0.15, 0.2) is 42.5 Å². The molecular weight excluding hydrogens is 371 g/mol. The van der Waals surface area contributed by atoms with Gasteiger partial charge in [-0.1, -0.05) is 18.2 Å². The topological polar surface area (TPSA) is 109 Å². The van der Waals surface area contributed by atoms with Gasteiger partial charge < -0.3 is 34.6 Å². The zero-order chi connectivity index (χ0) is 20.3. The molecular formula is C20H23FO7. The summed E-state index contributed by atoms with van der Waals surface area (Å²) in [6, 6.07) is 11.3. The first-order valence-electron chi connectivity index (χ1n) is 8.81. The Hall–Kier alpha value is -2.23. The van der Waals surface area contributed by atoms with Crippen molar-refractivity contribution < 1.29 is 39.0 Å². The lowest BCUT2D eigenvalue weighted by Crippen LogP contribution is -2.60. The van der Waals surface area contributed by atoms with E-state index in [-0.39, 0.29) is 5.75 Å². The summed E-state index contributed by atoms with van der Waals surface area (Å²) >= 11 is 0. The molecule has 0 aliphatic carbocycles. The Morgan fingerprint density at radius 1 is 1.00 bits per heavy atom. The zero-order valence-corrected chi connectivity index (χ0v) is 15.2. The van der Waals surface area contributed by atoms with Crippen LogP contribution in [0.1, 0.15) is 11.1 Å². The summed E-state index contributed by atoms with van der Waals surface area (Å²) in [7, 11) is 1.57. The SMILES string of the molecule is COc1ccc(Cc2ccc(F)cc2O[C@@H]2O[C@H](CO)[C@@H](O)[C@H](O)[C@H]2O)cc1. The van der Waals surface area contributed by atoms with Crippen molar-refractivity contribution in [3.63, 3.8) is 0 Å². The van der Waals surface area contributed by atoms with Gasteiger partial charge in [-0.3, -0.25) is 0 Å². The lowest BCUT2D eigenvalue weighted by atomic mass is 9.99. The molecule has 2 aromatic rings. The van der Waals surface area contributed by atoms with Crippen molar-refractivity contribution in [1.82, 2.24) is 0 Å². The van der Waals surface area contributed by atoms with Crippen LogP contribution in [0, 0.1) is 5.82 Å². The molecule has 8 heteroatoms. The summed E-state index contributed by atoms with van der Waals surface area (Å²) in [5.41, 5.74) is 1.55. The highest BCUT2D eigenvalue weighted by Gasteiger charge is 2.44. The van der Waals surface area contributed by atoms with Crippen molar-refractivity contribution in [3.8, 4) is 11.5 Å². The van der Waals surface area contributed by atoms with Gasteiger partial charge in [0.05, 0.1) is 13.7 Å². The van der Waals surface area contributed by atoms with Crippen LogP contribution in [0.5, 0.6) is 11.5 Å². The van der Waals surface area contributed by atoms with Gasteiger partial charge in [-0.05, 0) is 29.3 Å². The molecule has 0 saturated carbocycles. The highest BCUT2D eigenvalue weighted by Crippen LogP contribution is 2.29. The molecule has 2 aromatic carbocycles. The molecule has 0 radical (unpaired) electrons. The molecule has 28 heavy (non-hydrogen) atoms. The summed E-state index contributed by atoms with van der Waals surface area (Å²) in [6.07, 6.45) is -6.72. The molecule has 4 N–H and O–H groups in total. The van der Waals surface area contributed by atoms with Crippen LogP contribution in [0.3, 0.4) is 0 Å². The van der Waals surface area contributed by atoms with E-state index < -0.39 is 43.1 Å². The smallest absolute Gasteiger partial charge is 0.229 e. The molecule has 0 aromatic heterocycles. The van der Waals surface area contributed by atoms with Crippen molar-refractivity contribution in [1.29, 1.82) is 0 Å². The van der Waals surface area contributed by atoms with E-state index in [1.165, 1.54) is 6.07 Å². The van der Waals surface area contributed by atoms with E-state index in [9.17, 15) is 24.8 Å². The van der Waals surface area contributed by atoms with Crippen molar-refractivity contribution in [2.24, 2.45) is 0 Å². The third kappa shape index (κ3) is 4.43. The highest BCUT2D eigenvalue weighted by atomic mass is 19.1. The van der Waals surface area contributed by atoms with E-state index in [4.69, 9.17) is 14.2 Å². The summed E-state index contributed by atoms with van der Waals surface area (Å²) in [4.78, 5) is 0. The standard InChI is InChI=1S/C20H23FO7/c1-26-14-6-2-11(3-7-14)8-12-4-5-13(21)9-15(12)27-20-19(25)18(24)17(23)16(10-22)28-20/h2-7,9,16-20,22-25H,8,10H2,1H3/t16-,17-,18+,19-,20-/m1/s1.